The zero-order valence-electron chi connectivity index (χ0n) is 14.7. The lowest BCUT2D eigenvalue weighted by molar-refractivity contribution is -0.171. The van der Waals surface area contributed by atoms with Crippen LogP contribution < -0.4 is 5.73 Å². The van der Waals surface area contributed by atoms with E-state index in [2.05, 4.69) is 4.90 Å². The number of rotatable bonds is 4. The molecule has 0 aromatic carbocycles. The normalized spacial score (nSPS) is 24.2. The van der Waals surface area contributed by atoms with Crippen LogP contribution in [0.1, 0.15) is 65.7 Å². The molecule has 0 aromatic rings. The maximum atomic E-state index is 12.9. The lowest BCUT2D eigenvalue weighted by Gasteiger charge is -2.42. The van der Waals surface area contributed by atoms with Crippen LogP contribution in [0.3, 0.4) is 0 Å². The Morgan fingerprint density at radius 2 is 1.77 bits per heavy atom. The molecule has 0 radical (unpaired) electrons. The van der Waals surface area contributed by atoms with Crippen LogP contribution in [-0.4, -0.2) is 42.6 Å². The van der Waals surface area contributed by atoms with Crippen molar-refractivity contribution in [1.29, 1.82) is 0 Å². The highest BCUT2D eigenvalue weighted by molar-refractivity contribution is 5.77. The Bertz CT molecular complexity index is 362. The molecular weight excluding hydrogens is 276 g/mol. The third-order valence-electron chi connectivity index (χ3n) is 5.21. The minimum atomic E-state index is -0.395. The maximum absolute atomic E-state index is 12.9. The number of hydrogen-bond acceptors (Lipinski definition) is 4. The Kier molecular flexibility index (Phi) is 5.89. The van der Waals surface area contributed by atoms with Crippen molar-refractivity contribution in [2.75, 3.05) is 26.2 Å². The maximum Gasteiger partial charge on any atom is 0.313 e. The van der Waals surface area contributed by atoms with Gasteiger partial charge in [0, 0.05) is 6.54 Å². The van der Waals surface area contributed by atoms with Crippen LogP contribution in [0.25, 0.3) is 0 Å². The van der Waals surface area contributed by atoms with Gasteiger partial charge in [0.05, 0.1) is 5.41 Å². The zero-order valence-corrected chi connectivity index (χ0v) is 14.7. The molecule has 0 aromatic heterocycles. The van der Waals surface area contributed by atoms with Crippen molar-refractivity contribution >= 4 is 5.97 Å². The Morgan fingerprint density at radius 1 is 1.18 bits per heavy atom. The van der Waals surface area contributed by atoms with Gasteiger partial charge >= 0.3 is 5.97 Å². The molecule has 1 saturated carbocycles. The van der Waals surface area contributed by atoms with E-state index in [9.17, 15) is 4.79 Å². The first kappa shape index (κ1) is 17.7. The van der Waals surface area contributed by atoms with Gasteiger partial charge in [0.1, 0.15) is 5.60 Å². The van der Waals surface area contributed by atoms with E-state index in [-0.39, 0.29) is 11.4 Å². The molecule has 4 heteroatoms. The summed E-state index contributed by atoms with van der Waals surface area (Å²) in [6, 6.07) is 0. The molecule has 1 aliphatic carbocycles. The first-order valence-electron chi connectivity index (χ1n) is 9.00. The van der Waals surface area contributed by atoms with Gasteiger partial charge in [-0.2, -0.15) is 0 Å². The van der Waals surface area contributed by atoms with Crippen molar-refractivity contribution in [2.24, 2.45) is 17.1 Å². The van der Waals surface area contributed by atoms with Crippen LogP contribution >= 0.6 is 0 Å². The molecule has 0 spiro atoms. The number of carbonyl (C=O) groups is 1. The molecule has 0 bridgehead atoms. The van der Waals surface area contributed by atoms with Gasteiger partial charge in [-0.15, -0.1) is 0 Å². The van der Waals surface area contributed by atoms with Crippen molar-refractivity contribution < 1.29 is 9.53 Å². The lowest BCUT2D eigenvalue weighted by atomic mass is 9.73. The quantitative estimate of drug-likeness (QED) is 0.811. The number of esters is 1. The molecule has 2 fully saturated rings. The summed E-state index contributed by atoms with van der Waals surface area (Å²) in [5, 5.41) is 0. The number of likely N-dealkylation sites (tertiary alicyclic amines) is 1. The average molecular weight is 310 g/mol. The zero-order chi connectivity index (χ0) is 16.2. The fraction of sp³-hybridized carbons (Fsp3) is 0.944. The van der Waals surface area contributed by atoms with Gasteiger partial charge in [-0.05, 0) is 72.0 Å². The van der Waals surface area contributed by atoms with Gasteiger partial charge in [0.2, 0.25) is 0 Å². The van der Waals surface area contributed by atoms with E-state index >= 15 is 0 Å². The molecule has 2 N–H and O–H groups in total. The minimum absolute atomic E-state index is 0.0284. The van der Waals surface area contributed by atoms with Crippen molar-refractivity contribution in [2.45, 2.75) is 71.3 Å². The number of piperidine rings is 1. The molecule has 0 unspecified atom stereocenters. The third kappa shape index (κ3) is 4.69. The molecule has 2 aliphatic rings. The summed E-state index contributed by atoms with van der Waals surface area (Å²) in [7, 11) is 0. The third-order valence-corrected chi connectivity index (χ3v) is 5.21. The summed E-state index contributed by atoms with van der Waals surface area (Å²) in [5.41, 5.74) is 5.11. The summed E-state index contributed by atoms with van der Waals surface area (Å²) in [5.74, 6) is 0.695. The standard InChI is InChI=1S/C18H34N2O2/c1-17(2,3)22-16(21)18(9-5-4-6-10-18)14-20-11-7-15(13-19)8-12-20/h15H,4-14,19H2,1-3H3. The summed E-state index contributed by atoms with van der Waals surface area (Å²) < 4.78 is 5.78. The highest BCUT2D eigenvalue weighted by Crippen LogP contribution is 2.40. The predicted octanol–water partition coefficient (Wildman–Crippen LogP) is 2.95. The summed E-state index contributed by atoms with van der Waals surface area (Å²) >= 11 is 0. The fourth-order valence-electron chi connectivity index (χ4n) is 3.85. The van der Waals surface area contributed by atoms with E-state index in [1.165, 1.54) is 19.3 Å². The van der Waals surface area contributed by atoms with Gasteiger partial charge in [-0.3, -0.25) is 4.79 Å². The van der Waals surface area contributed by atoms with E-state index in [1.54, 1.807) is 0 Å². The molecule has 1 aliphatic heterocycles. The van der Waals surface area contributed by atoms with Crippen LogP contribution in [-0.2, 0) is 9.53 Å². The monoisotopic (exact) mass is 310 g/mol. The number of nitrogens with zero attached hydrogens (tertiary/aromatic N) is 1. The second-order valence-electron chi connectivity index (χ2n) is 8.30. The molecule has 1 heterocycles. The molecule has 1 saturated heterocycles. The van der Waals surface area contributed by atoms with Crippen LogP contribution in [0.4, 0.5) is 0 Å². The molecule has 4 nitrogen and oxygen atoms in total. The molecular formula is C18H34N2O2. The summed E-state index contributed by atoms with van der Waals surface area (Å²) in [6.45, 7) is 9.72. The van der Waals surface area contributed by atoms with Gasteiger partial charge < -0.3 is 15.4 Å². The second kappa shape index (κ2) is 7.31. The Morgan fingerprint density at radius 3 is 2.27 bits per heavy atom. The Balaban J connectivity index is 2.01. The molecule has 22 heavy (non-hydrogen) atoms. The van der Waals surface area contributed by atoms with Gasteiger partial charge in [-0.25, -0.2) is 0 Å². The van der Waals surface area contributed by atoms with Gasteiger partial charge in [0.25, 0.3) is 0 Å². The van der Waals surface area contributed by atoms with E-state index in [0.717, 1.165) is 51.9 Å². The van der Waals surface area contributed by atoms with Gasteiger partial charge in [0.15, 0.2) is 0 Å². The van der Waals surface area contributed by atoms with E-state index in [1.807, 2.05) is 20.8 Å². The number of ether oxygens (including phenoxy) is 1. The average Bonchev–Trinajstić information content (AvgIpc) is 2.47. The van der Waals surface area contributed by atoms with E-state index in [0.29, 0.717) is 5.92 Å². The largest absolute Gasteiger partial charge is 0.460 e. The summed E-state index contributed by atoms with van der Waals surface area (Å²) in [4.78, 5) is 15.3. The molecule has 0 amide bonds. The second-order valence-corrected chi connectivity index (χ2v) is 8.30. The van der Waals surface area contributed by atoms with E-state index < -0.39 is 5.60 Å². The van der Waals surface area contributed by atoms with Gasteiger partial charge in [-0.1, -0.05) is 19.3 Å². The topological polar surface area (TPSA) is 55.6 Å². The molecule has 0 atom stereocenters. The predicted molar refractivity (Wildman–Crippen MR) is 89.6 cm³/mol. The summed E-state index contributed by atoms with van der Waals surface area (Å²) in [6.07, 6.45) is 7.86. The molecule has 2 rings (SSSR count). The van der Waals surface area contributed by atoms with Crippen molar-refractivity contribution in [3.63, 3.8) is 0 Å². The SMILES string of the molecule is CC(C)(C)OC(=O)C1(CN2CCC(CN)CC2)CCCCC1. The highest BCUT2D eigenvalue weighted by Gasteiger charge is 2.44. The first-order valence-corrected chi connectivity index (χ1v) is 9.00. The Hall–Kier alpha value is -0.610. The number of hydrogen-bond donors (Lipinski definition) is 1. The minimum Gasteiger partial charge on any atom is -0.460 e. The number of carbonyl (C=O) groups excluding carboxylic acids is 1. The Labute approximate surface area is 135 Å². The molecule has 128 valence electrons. The lowest BCUT2D eigenvalue weighted by Crippen LogP contribution is -2.49. The first-order chi connectivity index (χ1) is 10.3. The highest BCUT2D eigenvalue weighted by atomic mass is 16.6. The van der Waals surface area contributed by atoms with Crippen molar-refractivity contribution in [1.82, 2.24) is 4.90 Å². The van der Waals surface area contributed by atoms with Crippen LogP contribution in [0.5, 0.6) is 0 Å². The van der Waals surface area contributed by atoms with Crippen LogP contribution in [0.15, 0.2) is 0 Å². The van der Waals surface area contributed by atoms with Crippen molar-refractivity contribution in [3.8, 4) is 0 Å². The number of nitrogens with two attached hydrogens (primary N) is 1. The van der Waals surface area contributed by atoms with E-state index in [4.69, 9.17) is 10.5 Å². The van der Waals surface area contributed by atoms with Crippen LogP contribution in [0, 0.1) is 11.3 Å². The smallest absolute Gasteiger partial charge is 0.313 e. The fourth-order valence-corrected chi connectivity index (χ4v) is 3.85. The van der Waals surface area contributed by atoms with Crippen LogP contribution in [0.2, 0.25) is 0 Å². The van der Waals surface area contributed by atoms with Crippen molar-refractivity contribution in [3.05, 3.63) is 0 Å².